The zero-order valence-corrected chi connectivity index (χ0v) is 19.9. The second-order valence-corrected chi connectivity index (χ2v) is 9.95. The first-order valence-electron chi connectivity index (χ1n) is 11.3. The van der Waals surface area contributed by atoms with E-state index in [0.717, 1.165) is 12.8 Å². The summed E-state index contributed by atoms with van der Waals surface area (Å²) in [4.78, 5) is 55.3. The van der Waals surface area contributed by atoms with Crippen LogP contribution in [0.2, 0.25) is 0 Å². The summed E-state index contributed by atoms with van der Waals surface area (Å²) in [5.41, 5.74) is 0.309. The molecule has 1 aromatic rings. The maximum absolute atomic E-state index is 13.0. The third-order valence-corrected chi connectivity index (χ3v) is 5.83. The van der Waals surface area contributed by atoms with E-state index in [1.54, 1.807) is 38.7 Å². The van der Waals surface area contributed by atoms with Crippen molar-refractivity contribution in [1.29, 1.82) is 0 Å². The Morgan fingerprint density at radius 3 is 2.55 bits per heavy atom. The monoisotopic (exact) mass is 459 g/mol. The van der Waals surface area contributed by atoms with Crippen LogP contribution < -0.4 is 16.0 Å². The van der Waals surface area contributed by atoms with Crippen molar-refractivity contribution < 1.29 is 23.9 Å². The molecular formula is C23H33N5O5. The molecule has 10 nitrogen and oxygen atoms in total. The Morgan fingerprint density at radius 2 is 1.94 bits per heavy atom. The molecule has 180 valence electrons. The lowest BCUT2D eigenvalue weighted by molar-refractivity contribution is -0.147. The highest BCUT2D eigenvalue weighted by Gasteiger charge is 2.40. The summed E-state index contributed by atoms with van der Waals surface area (Å²) in [6.07, 6.45) is 2.84. The lowest BCUT2D eigenvalue weighted by atomic mass is 9.85. The van der Waals surface area contributed by atoms with Gasteiger partial charge in [-0.3, -0.25) is 19.7 Å². The van der Waals surface area contributed by atoms with Crippen LogP contribution >= 0.6 is 0 Å². The van der Waals surface area contributed by atoms with Crippen molar-refractivity contribution in [2.24, 2.45) is 11.8 Å². The second kappa shape index (κ2) is 9.76. The minimum atomic E-state index is -0.750. The van der Waals surface area contributed by atoms with Crippen LogP contribution in [0.4, 0.5) is 16.3 Å². The number of rotatable bonds is 3. The predicted octanol–water partition coefficient (Wildman–Crippen LogP) is 2.44. The maximum Gasteiger partial charge on any atom is 0.413 e. The molecule has 2 aliphatic heterocycles. The van der Waals surface area contributed by atoms with E-state index in [1.807, 2.05) is 0 Å². The van der Waals surface area contributed by atoms with Crippen LogP contribution in [-0.4, -0.2) is 58.4 Å². The fourth-order valence-corrected chi connectivity index (χ4v) is 4.29. The number of nitrogens with one attached hydrogen (secondary N) is 3. The van der Waals surface area contributed by atoms with Gasteiger partial charge in [0.1, 0.15) is 11.4 Å². The summed E-state index contributed by atoms with van der Waals surface area (Å²) >= 11 is 0. The number of amides is 4. The number of nitrogens with zero attached hydrogens (tertiary/aromatic N) is 2. The van der Waals surface area contributed by atoms with Gasteiger partial charge in [-0.25, -0.2) is 9.78 Å². The van der Waals surface area contributed by atoms with Crippen LogP contribution in [0.1, 0.15) is 52.5 Å². The first kappa shape index (κ1) is 24.5. The van der Waals surface area contributed by atoms with Gasteiger partial charge in [-0.15, -0.1) is 0 Å². The minimum absolute atomic E-state index is 0.0166. The number of carbonyl (C=O) groups excluding carboxylic acids is 4. The van der Waals surface area contributed by atoms with E-state index < -0.39 is 23.5 Å². The number of piperidine rings is 1. The maximum atomic E-state index is 13.0. The SMILES string of the molecule is Cc1cc(NC(=O)C(=O)N2CC(C)CCC2C2CNC(=O)C2)cnc1NC(=O)OC(C)(C)C. The van der Waals surface area contributed by atoms with E-state index in [4.69, 9.17) is 4.74 Å². The number of ether oxygens (including phenoxy) is 1. The highest BCUT2D eigenvalue weighted by atomic mass is 16.6. The van der Waals surface area contributed by atoms with Gasteiger partial charge < -0.3 is 20.3 Å². The summed E-state index contributed by atoms with van der Waals surface area (Å²) in [5, 5.41) is 8.01. The van der Waals surface area contributed by atoms with Crippen LogP contribution in [0.3, 0.4) is 0 Å². The highest BCUT2D eigenvalue weighted by Crippen LogP contribution is 2.30. The summed E-state index contributed by atoms with van der Waals surface area (Å²) in [6, 6.07) is 1.49. The molecular weight excluding hydrogens is 426 g/mol. The Balaban J connectivity index is 1.65. The summed E-state index contributed by atoms with van der Waals surface area (Å²) in [6.45, 7) is 10.1. The van der Waals surface area contributed by atoms with Crippen molar-refractivity contribution >= 4 is 35.3 Å². The molecule has 2 aliphatic rings. The van der Waals surface area contributed by atoms with Crippen molar-refractivity contribution in [3.8, 4) is 0 Å². The van der Waals surface area contributed by atoms with Gasteiger partial charge in [-0.1, -0.05) is 6.92 Å². The average Bonchev–Trinajstić information content (AvgIpc) is 3.14. The standard InChI is InChI=1S/C23H33N5O5/c1-13-6-7-17(15-9-18(29)24-10-15)28(12-13)21(31)20(30)26-16-8-14(2)19(25-11-16)27-22(32)33-23(3,4)5/h8,11,13,15,17H,6-7,9-10,12H2,1-5H3,(H,24,29)(H,26,30)(H,25,27,32). The molecule has 10 heteroatoms. The Kier molecular flexibility index (Phi) is 7.24. The Hall–Kier alpha value is -3.17. The van der Waals surface area contributed by atoms with Gasteiger partial charge in [0.15, 0.2) is 0 Å². The van der Waals surface area contributed by atoms with Gasteiger partial charge in [0.05, 0.1) is 11.9 Å². The van der Waals surface area contributed by atoms with Crippen LogP contribution in [0.5, 0.6) is 0 Å². The largest absolute Gasteiger partial charge is 0.444 e. The van der Waals surface area contributed by atoms with Crippen molar-refractivity contribution in [3.05, 3.63) is 17.8 Å². The molecule has 2 fully saturated rings. The first-order valence-corrected chi connectivity index (χ1v) is 11.3. The van der Waals surface area contributed by atoms with Gasteiger partial charge in [0.2, 0.25) is 5.91 Å². The lowest BCUT2D eigenvalue weighted by Gasteiger charge is -2.40. The molecule has 0 bridgehead atoms. The van der Waals surface area contributed by atoms with Crippen molar-refractivity contribution in [3.63, 3.8) is 0 Å². The molecule has 0 spiro atoms. The quantitative estimate of drug-likeness (QED) is 0.596. The highest BCUT2D eigenvalue weighted by molar-refractivity contribution is 6.39. The van der Waals surface area contributed by atoms with E-state index in [1.165, 1.54) is 6.20 Å². The molecule has 3 unspecified atom stereocenters. The fourth-order valence-electron chi connectivity index (χ4n) is 4.29. The zero-order chi connectivity index (χ0) is 24.3. The third-order valence-electron chi connectivity index (χ3n) is 5.83. The topological polar surface area (TPSA) is 130 Å². The number of carbonyl (C=O) groups is 4. The van der Waals surface area contributed by atoms with Crippen LogP contribution in [0.25, 0.3) is 0 Å². The molecule has 0 aliphatic carbocycles. The smallest absolute Gasteiger partial charge is 0.413 e. The summed E-state index contributed by atoms with van der Waals surface area (Å²) in [5.74, 6) is -0.775. The van der Waals surface area contributed by atoms with Crippen molar-refractivity contribution in [2.75, 3.05) is 23.7 Å². The van der Waals surface area contributed by atoms with Gasteiger partial charge >= 0.3 is 17.9 Å². The van der Waals surface area contributed by atoms with Gasteiger partial charge in [0, 0.05) is 31.5 Å². The number of anilines is 2. The zero-order valence-electron chi connectivity index (χ0n) is 19.9. The van der Waals surface area contributed by atoms with Gasteiger partial charge in [-0.2, -0.15) is 0 Å². The van der Waals surface area contributed by atoms with E-state index in [0.29, 0.717) is 36.6 Å². The van der Waals surface area contributed by atoms with E-state index in [2.05, 4.69) is 27.9 Å². The molecule has 4 amide bonds. The molecule has 2 saturated heterocycles. The molecule has 33 heavy (non-hydrogen) atoms. The van der Waals surface area contributed by atoms with Crippen LogP contribution in [0, 0.1) is 18.8 Å². The van der Waals surface area contributed by atoms with Crippen LogP contribution in [0.15, 0.2) is 12.3 Å². The Labute approximate surface area is 193 Å². The van der Waals surface area contributed by atoms with E-state index in [9.17, 15) is 19.2 Å². The van der Waals surface area contributed by atoms with Crippen LogP contribution in [-0.2, 0) is 19.1 Å². The van der Waals surface area contributed by atoms with Crippen molar-refractivity contribution in [1.82, 2.24) is 15.2 Å². The first-order chi connectivity index (χ1) is 15.4. The number of hydrogen-bond donors (Lipinski definition) is 3. The van der Waals surface area contributed by atoms with E-state index in [-0.39, 0.29) is 23.8 Å². The predicted molar refractivity (Wildman–Crippen MR) is 122 cm³/mol. The van der Waals surface area contributed by atoms with Gasteiger partial charge in [0.25, 0.3) is 0 Å². The number of hydrogen-bond acceptors (Lipinski definition) is 6. The number of pyridine rings is 1. The molecule has 3 heterocycles. The molecule has 1 aromatic heterocycles. The normalized spacial score (nSPS) is 23.0. The Morgan fingerprint density at radius 1 is 1.21 bits per heavy atom. The van der Waals surface area contributed by atoms with Crippen molar-refractivity contribution in [2.45, 2.75) is 65.5 Å². The van der Waals surface area contributed by atoms with E-state index >= 15 is 0 Å². The van der Waals surface area contributed by atoms with Gasteiger partial charge in [-0.05, 0) is 58.1 Å². The molecule has 3 rings (SSSR count). The summed E-state index contributed by atoms with van der Waals surface area (Å²) in [7, 11) is 0. The molecule has 0 radical (unpaired) electrons. The lowest BCUT2D eigenvalue weighted by Crippen LogP contribution is -2.53. The molecule has 0 saturated carbocycles. The number of likely N-dealkylation sites (tertiary alicyclic amines) is 1. The minimum Gasteiger partial charge on any atom is -0.444 e. The Bertz CT molecular complexity index is 942. The molecule has 3 atom stereocenters. The fraction of sp³-hybridized carbons (Fsp3) is 0.609. The third kappa shape index (κ3) is 6.43. The average molecular weight is 460 g/mol. The molecule has 3 N–H and O–H groups in total. The molecule has 0 aromatic carbocycles. The number of aromatic nitrogens is 1. The second-order valence-electron chi connectivity index (χ2n) is 9.95. The number of aryl methyl sites for hydroxylation is 1. The summed E-state index contributed by atoms with van der Waals surface area (Å²) < 4.78 is 5.22.